The largest absolute Gasteiger partial charge is 0.354 e. The van der Waals surface area contributed by atoms with E-state index in [0.717, 1.165) is 94.6 Å². The third-order valence-electron chi connectivity index (χ3n) is 21.7. The minimum atomic E-state index is -0.682. The van der Waals surface area contributed by atoms with Crippen LogP contribution < -0.4 is 53.2 Å². The zero-order valence-corrected chi connectivity index (χ0v) is 68.2. The molecule has 10 N–H and O–H groups in total. The summed E-state index contributed by atoms with van der Waals surface area (Å²) in [6.07, 6.45) is 22.8. The molecule has 2 aliphatic carbocycles. The molecule has 1 aromatic heterocycles. The van der Waals surface area contributed by atoms with Crippen molar-refractivity contribution in [2.24, 2.45) is 0 Å². The first-order valence-corrected chi connectivity index (χ1v) is 42.4. The van der Waals surface area contributed by atoms with Crippen molar-refractivity contribution in [3.8, 4) is 0 Å². The Bertz CT molecular complexity index is 3970. The summed E-state index contributed by atoms with van der Waals surface area (Å²) >= 11 is 0. The quantitative estimate of drug-likeness (QED) is 0.0197. The molecule has 116 heavy (non-hydrogen) atoms. The molecule has 26 nitrogen and oxygen atoms in total. The van der Waals surface area contributed by atoms with Gasteiger partial charge in [-0.25, -0.2) is 24.0 Å². The van der Waals surface area contributed by atoms with Gasteiger partial charge in [0.2, 0.25) is 29.5 Å². The van der Waals surface area contributed by atoms with Crippen molar-refractivity contribution in [1.82, 2.24) is 82.7 Å². The van der Waals surface area contributed by atoms with E-state index in [2.05, 4.69) is 101 Å². The van der Waals surface area contributed by atoms with Crippen LogP contribution >= 0.6 is 0 Å². The normalized spacial score (nSPS) is 17.7. The van der Waals surface area contributed by atoms with Crippen LogP contribution in [0.2, 0.25) is 0 Å². The van der Waals surface area contributed by atoms with Crippen LogP contribution in [0.15, 0.2) is 176 Å². The maximum Gasteiger partial charge on any atom is 0.318 e. The van der Waals surface area contributed by atoms with Gasteiger partial charge in [0.25, 0.3) is 0 Å². The predicted molar refractivity (Wildman–Crippen MR) is 450 cm³/mol. The molecular formula is C90H124N16O10. The topological polar surface area (TPSA) is 320 Å². The van der Waals surface area contributed by atoms with Crippen molar-refractivity contribution in [1.29, 1.82) is 0 Å². The zero-order chi connectivity index (χ0) is 82.1. The standard InChI is InChI=1S/C21H25N3O2.C20H29N3O2.C19H27N3O2.C16H23N3O2.C14H20N4O2/c25-20(23-16-18-10-5-2-6-11-18)19(24-15-7-14-22-21(24)26)13-12-17-8-3-1-4-9-17;24-19(22-17-10-5-2-6-11-17)18(23-15-7-14-21-20(23)25)13-12-16-8-3-1-4-9-16;23-18(21-16-9-5-2-6-10-16)17(22-14-13-20-19(22)24)12-11-15-7-3-1-4-8-15;1-2-3-10-17-15(20)14(13-8-5-4-6-9-13)19-12-7-11-18-16(19)21;1-10(2)17-13(19)12(11-6-3-4-7-15-11)18-9-5-8-16-14(18)20/h1-6,8-11,19H,7,12-16H2,(H,22,26)(H,23,25);1,3-4,8-9,17-18H,2,5-7,10-15H2,(H,21,25)(H,22,24);1,3-4,7-8,16-17H,2,5-6,9-14H2,(H,20,24)(H,21,23);4-6,8-9,14H,2-3,7,10-12H2,1H3,(H,17,20)(H,18,21);3-4,6-7,10,12H,5,8-9H2,1-2H3,(H,16,20)(H,17,19). The van der Waals surface area contributed by atoms with E-state index in [-0.39, 0.29) is 89.9 Å². The molecule has 2 saturated carbocycles. The molecule has 7 aliphatic rings. The van der Waals surface area contributed by atoms with Gasteiger partial charge < -0.3 is 77.7 Å². The highest BCUT2D eigenvalue weighted by Crippen LogP contribution is 2.27. The minimum absolute atomic E-state index is 0.00915. The second-order valence-electron chi connectivity index (χ2n) is 30.8. The molecule has 15 amide bonds. The molecule has 5 aliphatic heterocycles. The lowest BCUT2D eigenvalue weighted by atomic mass is 9.94. The smallest absolute Gasteiger partial charge is 0.318 e. The Balaban J connectivity index is 0.000000166. The van der Waals surface area contributed by atoms with Crippen molar-refractivity contribution >= 4 is 59.7 Å². The Morgan fingerprint density at radius 2 is 0.759 bits per heavy atom. The number of amides is 15. The van der Waals surface area contributed by atoms with Crippen molar-refractivity contribution in [2.75, 3.05) is 72.0 Å². The molecule has 13 rings (SSSR count). The van der Waals surface area contributed by atoms with E-state index in [1.807, 2.05) is 135 Å². The molecule has 7 fully saturated rings. The fourth-order valence-electron chi connectivity index (χ4n) is 15.5. The molecule has 5 atom stereocenters. The van der Waals surface area contributed by atoms with E-state index in [9.17, 15) is 47.9 Å². The fourth-order valence-corrected chi connectivity index (χ4v) is 15.5. The Labute approximate surface area is 685 Å². The van der Waals surface area contributed by atoms with Crippen LogP contribution in [0.5, 0.6) is 0 Å². The van der Waals surface area contributed by atoms with E-state index < -0.39 is 18.1 Å². The number of aryl methyl sites for hydroxylation is 3. The molecule has 26 heteroatoms. The van der Waals surface area contributed by atoms with E-state index in [4.69, 9.17) is 0 Å². The maximum atomic E-state index is 12.9. The fraction of sp³-hybridized carbons (Fsp3) is 0.500. The van der Waals surface area contributed by atoms with Gasteiger partial charge in [0, 0.05) is 103 Å². The molecule has 0 radical (unpaired) electrons. The summed E-state index contributed by atoms with van der Waals surface area (Å²) in [5.74, 6) is -0.376. The van der Waals surface area contributed by atoms with Gasteiger partial charge in [-0.2, -0.15) is 0 Å². The van der Waals surface area contributed by atoms with Crippen molar-refractivity contribution in [3.05, 3.63) is 210 Å². The zero-order valence-electron chi connectivity index (χ0n) is 68.2. The van der Waals surface area contributed by atoms with Gasteiger partial charge in [-0.15, -0.1) is 0 Å². The highest BCUT2D eigenvalue weighted by atomic mass is 16.2. The highest BCUT2D eigenvalue weighted by molar-refractivity contribution is 5.91. The predicted octanol–water partition coefficient (Wildman–Crippen LogP) is 11.2. The summed E-state index contributed by atoms with van der Waals surface area (Å²) in [7, 11) is 0. The number of hydrogen-bond donors (Lipinski definition) is 10. The number of carbonyl (C=O) groups is 10. The maximum absolute atomic E-state index is 12.9. The number of benzene rings is 5. The first-order valence-electron chi connectivity index (χ1n) is 42.4. The molecule has 6 heterocycles. The lowest BCUT2D eigenvalue weighted by Crippen LogP contribution is -2.57. The van der Waals surface area contributed by atoms with E-state index in [0.29, 0.717) is 103 Å². The number of hydrogen-bond acceptors (Lipinski definition) is 11. The highest BCUT2D eigenvalue weighted by Gasteiger charge is 2.38. The Morgan fingerprint density at radius 3 is 1.15 bits per heavy atom. The Morgan fingerprint density at radius 1 is 0.388 bits per heavy atom. The van der Waals surface area contributed by atoms with Gasteiger partial charge in [0.15, 0.2) is 6.04 Å². The lowest BCUT2D eigenvalue weighted by molar-refractivity contribution is -0.127. The molecule has 0 spiro atoms. The second-order valence-corrected chi connectivity index (χ2v) is 30.8. The van der Waals surface area contributed by atoms with Crippen molar-refractivity contribution in [3.63, 3.8) is 0 Å². The van der Waals surface area contributed by atoms with Crippen LogP contribution in [-0.2, 0) is 49.8 Å². The second kappa shape index (κ2) is 49.0. The van der Waals surface area contributed by atoms with Gasteiger partial charge in [-0.1, -0.05) is 210 Å². The number of rotatable bonds is 29. The number of unbranched alkanes of at least 4 members (excludes halogenated alkanes) is 1. The number of pyridine rings is 1. The van der Waals surface area contributed by atoms with Crippen LogP contribution in [-0.4, -0.2) is 197 Å². The van der Waals surface area contributed by atoms with Crippen molar-refractivity contribution < 1.29 is 47.9 Å². The van der Waals surface area contributed by atoms with Gasteiger partial charge in [-0.05, 0) is 150 Å². The summed E-state index contributed by atoms with van der Waals surface area (Å²) < 4.78 is 0. The monoisotopic (exact) mass is 1590 g/mol. The number of aromatic nitrogens is 1. The molecular weight excluding hydrogens is 1470 g/mol. The van der Waals surface area contributed by atoms with E-state index in [1.54, 1.807) is 42.8 Å². The lowest BCUT2D eigenvalue weighted by Gasteiger charge is -2.35. The van der Waals surface area contributed by atoms with Crippen LogP contribution in [0.25, 0.3) is 0 Å². The molecule has 5 unspecified atom stereocenters. The van der Waals surface area contributed by atoms with E-state index >= 15 is 0 Å². The van der Waals surface area contributed by atoms with Crippen LogP contribution in [0.4, 0.5) is 24.0 Å². The third kappa shape index (κ3) is 29.0. The third-order valence-corrected chi connectivity index (χ3v) is 21.7. The average Bonchev–Trinajstić information content (AvgIpc) is 1.04. The summed E-state index contributed by atoms with van der Waals surface area (Å²) in [6.45, 7) is 13.3. The van der Waals surface area contributed by atoms with E-state index in [1.165, 1.54) is 55.2 Å². The first-order chi connectivity index (χ1) is 56.5. The van der Waals surface area contributed by atoms with Gasteiger partial charge in [0.1, 0.15) is 24.2 Å². The van der Waals surface area contributed by atoms with Crippen molar-refractivity contribution in [2.45, 2.75) is 217 Å². The molecule has 5 aromatic carbocycles. The minimum Gasteiger partial charge on any atom is -0.354 e. The Kier molecular flexibility index (Phi) is 37.5. The summed E-state index contributed by atoms with van der Waals surface area (Å²) in [5, 5.41) is 29.3. The SMILES string of the molecule is CC(C)NC(=O)C(c1ccccn1)N1CCCNC1=O.CCCCNC(=O)C(c1ccccc1)N1CCCNC1=O.O=C(NC1CCCCC1)C(CCc1ccccc1)N1CCCNC1=O.O=C(NC1CCCCC1)C(CCc1ccccc1)N1CCNC1=O.O=C(NCc1ccccc1)C(CCc1ccccc1)N1CCCNC1=O. The van der Waals surface area contributed by atoms with Gasteiger partial charge >= 0.3 is 30.2 Å². The number of nitrogens with zero attached hydrogens (tertiary/aromatic N) is 6. The first kappa shape index (κ1) is 88.9. The Hall–Kier alpha value is -11.1. The number of nitrogens with one attached hydrogen (secondary N) is 10. The average molecular weight is 1590 g/mol. The number of urea groups is 5. The summed E-state index contributed by atoms with van der Waals surface area (Å²) in [5.41, 5.74) is 6.06. The van der Waals surface area contributed by atoms with Crippen LogP contribution in [0.1, 0.15) is 188 Å². The molecule has 0 bridgehead atoms. The molecule has 5 saturated heterocycles. The van der Waals surface area contributed by atoms with Crippen LogP contribution in [0.3, 0.4) is 0 Å². The summed E-state index contributed by atoms with van der Waals surface area (Å²) in [4.78, 5) is 137. The summed E-state index contributed by atoms with van der Waals surface area (Å²) in [6, 6.07) is 52.4. The number of carbonyl (C=O) groups excluding carboxylic acids is 10. The van der Waals surface area contributed by atoms with Gasteiger partial charge in [-0.3, -0.25) is 29.0 Å². The molecule has 6 aromatic rings. The van der Waals surface area contributed by atoms with Crippen LogP contribution in [0, 0.1) is 0 Å². The molecule has 624 valence electrons. The van der Waals surface area contributed by atoms with Gasteiger partial charge in [0.05, 0.1) is 5.69 Å².